The van der Waals surface area contributed by atoms with Crippen LogP contribution in [0.2, 0.25) is 0 Å². The fraction of sp³-hybridized carbons (Fsp3) is 0.250. The van der Waals surface area contributed by atoms with E-state index < -0.39 is 4.92 Å². The molecule has 0 aromatic heterocycles. The van der Waals surface area contributed by atoms with Gasteiger partial charge in [-0.25, -0.2) is 0 Å². The SMILES string of the molecule is CCCNC(=S)OC(=C[N+](=O)[O-])c1ccccc1. The third-order valence-electron chi connectivity index (χ3n) is 2.00. The van der Waals surface area contributed by atoms with Gasteiger partial charge in [0.15, 0.2) is 0 Å². The number of hydrogen-bond acceptors (Lipinski definition) is 4. The lowest BCUT2D eigenvalue weighted by Gasteiger charge is -2.10. The normalized spacial score (nSPS) is 10.8. The molecule has 0 radical (unpaired) electrons. The predicted octanol–water partition coefficient (Wildman–Crippen LogP) is 2.56. The zero-order chi connectivity index (χ0) is 13.4. The van der Waals surface area contributed by atoms with E-state index in [0.29, 0.717) is 12.1 Å². The highest BCUT2D eigenvalue weighted by Gasteiger charge is 2.10. The first-order valence-corrected chi connectivity index (χ1v) is 5.90. The number of nitro groups is 1. The van der Waals surface area contributed by atoms with E-state index in [1.165, 1.54) is 0 Å². The molecule has 0 aliphatic heterocycles. The van der Waals surface area contributed by atoms with Gasteiger partial charge in [0.2, 0.25) is 5.76 Å². The van der Waals surface area contributed by atoms with Crippen molar-refractivity contribution in [3.63, 3.8) is 0 Å². The van der Waals surface area contributed by atoms with Crippen LogP contribution in [0.1, 0.15) is 18.9 Å². The topological polar surface area (TPSA) is 64.4 Å². The predicted molar refractivity (Wildman–Crippen MR) is 73.4 cm³/mol. The average molecular weight is 266 g/mol. The summed E-state index contributed by atoms with van der Waals surface area (Å²) in [5.74, 6) is 0.120. The molecule has 1 aromatic carbocycles. The second-order valence-electron chi connectivity index (χ2n) is 3.46. The molecule has 0 aliphatic carbocycles. The Bertz CT molecular complexity index is 446. The number of hydrogen-bond donors (Lipinski definition) is 1. The van der Waals surface area contributed by atoms with Gasteiger partial charge >= 0.3 is 0 Å². The monoisotopic (exact) mass is 266 g/mol. The Kier molecular flexibility index (Phi) is 5.79. The summed E-state index contributed by atoms with van der Waals surface area (Å²) in [5, 5.41) is 13.5. The first-order chi connectivity index (χ1) is 8.63. The summed E-state index contributed by atoms with van der Waals surface area (Å²) in [6.07, 6.45) is 1.69. The summed E-state index contributed by atoms with van der Waals surface area (Å²) in [6, 6.07) is 8.81. The minimum Gasteiger partial charge on any atom is -0.425 e. The summed E-state index contributed by atoms with van der Waals surface area (Å²) < 4.78 is 5.29. The van der Waals surface area contributed by atoms with Crippen LogP contribution in [-0.4, -0.2) is 16.6 Å². The highest BCUT2D eigenvalue weighted by molar-refractivity contribution is 7.80. The molecular formula is C12H14N2O3S. The van der Waals surface area contributed by atoms with Crippen LogP contribution >= 0.6 is 12.2 Å². The molecule has 0 heterocycles. The van der Waals surface area contributed by atoms with Crippen molar-refractivity contribution in [1.82, 2.24) is 5.32 Å². The van der Waals surface area contributed by atoms with Crippen LogP contribution in [0.3, 0.4) is 0 Å². The standard InChI is InChI=1S/C12H14N2O3S/c1-2-8-13-12(18)17-11(9-14(15)16)10-6-4-3-5-7-10/h3-7,9H,2,8H2,1H3,(H,13,18). The number of thiocarbonyl (C=S) groups is 1. The van der Waals surface area contributed by atoms with Crippen molar-refractivity contribution < 1.29 is 9.66 Å². The lowest BCUT2D eigenvalue weighted by Crippen LogP contribution is -2.24. The van der Waals surface area contributed by atoms with Crippen molar-refractivity contribution in [1.29, 1.82) is 0 Å². The molecule has 0 spiro atoms. The van der Waals surface area contributed by atoms with Crippen molar-refractivity contribution in [2.45, 2.75) is 13.3 Å². The Morgan fingerprint density at radius 3 is 2.72 bits per heavy atom. The Morgan fingerprint density at radius 2 is 2.17 bits per heavy atom. The minimum atomic E-state index is -0.565. The molecule has 6 heteroatoms. The van der Waals surface area contributed by atoms with Crippen LogP contribution in [0.15, 0.2) is 36.5 Å². The van der Waals surface area contributed by atoms with Crippen LogP contribution < -0.4 is 5.32 Å². The third-order valence-corrected chi connectivity index (χ3v) is 2.23. The summed E-state index contributed by atoms with van der Waals surface area (Å²) in [7, 11) is 0. The average Bonchev–Trinajstić information content (AvgIpc) is 2.36. The zero-order valence-electron chi connectivity index (χ0n) is 9.96. The number of nitrogens with one attached hydrogen (secondary N) is 1. The van der Waals surface area contributed by atoms with Gasteiger partial charge in [-0.1, -0.05) is 37.3 Å². The lowest BCUT2D eigenvalue weighted by molar-refractivity contribution is -0.402. The van der Waals surface area contributed by atoms with E-state index >= 15 is 0 Å². The van der Waals surface area contributed by atoms with Gasteiger partial charge in [0.25, 0.3) is 11.4 Å². The molecule has 0 fully saturated rings. The lowest BCUT2D eigenvalue weighted by atomic mass is 10.2. The fourth-order valence-electron chi connectivity index (χ4n) is 1.22. The quantitative estimate of drug-likeness (QED) is 0.384. The first kappa shape index (κ1) is 14.1. The number of nitrogens with zero attached hydrogens (tertiary/aromatic N) is 1. The van der Waals surface area contributed by atoms with Gasteiger partial charge in [-0.05, 0) is 18.6 Å². The largest absolute Gasteiger partial charge is 0.425 e. The zero-order valence-corrected chi connectivity index (χ0v) is 10.8. The van der Waals surface area contributed by atoms with Gasteiger partial charge in [-0.2, -0.15) is 0 Å². The van der Waals surface area contributed by atoms with Crippen molar-refractivity contribution >= 4 is 23.2 Å². The second kappa shape index (κ2) is 7.39. The van der Waals surface area contributed by atoms with Gasteiger partial charge in [-0.3, -0.25) is 10.1 Å². The van der Waals surface area contributed by atoms with Crippen molar-refractivity contribution in [2.24, 2.45) is 0 Å². The molecule has 1 aromatic rings. The second-order valence-corrected chi connectivity index (χ2v) is 3.83. The van der Waals surface area contributed by atoms with Crippen LogP contribution in [0.5, 0.6) is 0 Å². The van der Waals surface area contributed by atoms with Crippen molar-refractivity contribution in [2.75, 3.05) is 6.54 Å². The third kappa shape index (κ3) is 4.92. The molecule has 0 amide bonds. The van der Waals surface area contributed by atoms with Gasteiger partial charge in [0.1, 0.15) is 0 Å². The number of ether oxygens (including phenoxy) is 1. The molecular weight excluding hydrogens is 252 g/mol. The molecule has 0 unspecified atom stereocenters. The molecule has 0 bridgehead atoms. The van der Waals surface area contributed by atoms with Gasteiger partial charge in [0, 0.05) is 12.1 Å². The molecule has 1 rings (SSSR count). The highest BCUT2D eigenvalue weighted by Crippen LogP contribution is 2.15. The molecule has 18 heavy (non-hydrogen) atoms. The molecule has 5 nitrogen and oxygen atoms in total. The minimum absolute atomic E-state index is 0.120. The van der Waals surface area contributed by atoms with Crippen molar-refractivity contribution in [3.8, 4) is 0 Å². The Hall–Kier alpha value is -1.95. The molecule has 1 N–H and O–H groups in total. The van der Waals surface area contributed by atoms with E-state index in [0.717, 1.165) is 12.6 Å². The van der Waals surface area contributed by atoms with E-state index in [1.54, 1.807) is 24.3 Å². The molecule has 0 atom stereocenters. The Balaban J connectivity index is 2.81. The van der Waals surface area contributed by atoms with E-state index in [2.05, 4.69) is 5.32 Å². The van der Waals surface area contributed by atoms with E-state index in [-0.39, 0.29) is 10.9 Å². The van der Waals surface area contributed by atoms with Crippen LogP contribution in [-0.2, 0) is 4.74 Å². The molecule has 96 valence electrons. The molecule has 0 saturated heterocycles. The molecule has 0 saturated carbocycles. The summed E-state index contributed by atoms with van der Waals surface area (Å²) in [5.41, 5.74) is 0.606. The summed E-state index contributed by atoms with van der Waals surface area (Å²) in [4.78, 5) is 10.00. The highest BCUT2D eigenvalue weighted by atomic mass is 32.1. The summed E-state index contributed by atoms with van der Waals surface area (Å²) in [6.45, 7) is 2.65. The van der Waals surface area contributed by atoms with Crippen LogP contribution in [0.4, 0.5) is 0 Å². The van der Waals surface area contributed by atoms with E-state index in [9.17, 15) is 10.1 Å². The number of rotatable bonds is 5. The maximum Gasteiger partial charge on any atom is 0.277 e. The van der Waals surface area contributed by atoms with Crippen LogP contribution in [0.25, 0.3) is 5.76 Å². The summed E-state index contributed by atoms with van der Waals surface area (Å²) >= 11 is 4.95. The van der Waals surface area contributed by atoms with Gasteiger partial charge in [0.05, 0.1) is 4.92 Å². The van der Waals surface area contributed by atoms with E-state index in [1.807, 2.05) is 13.0 Å². The number of benzene rings is 1. The van der Waals surface area contributed by atoms with Gasteiger partial charge in [-0.15, -0.1) is 0 Å². The smallest absolute Gasteiger partial charge is 0.277 e. The maximum atomic E-state index is 10.6. The maximum absolute atomic E-state index is 10.6. The molecule has 0 aliphatic rings. The van der Waals surface area contributed by atoms with Gasteiger partial charge < -0.3 is 10.1 Å². The van der Waals surface area contributed by atoms with Crippen molar-refractivity contribution in [3.05, 3.63) is 52.2 Å². The first-order valence-electron chi connectivity index (χ1n) is 5.50. The van der Waals surface area contributed by atoms with Crippen LogP contribution in [0, 0.1) is 10.1 Å². The fourth-order valence-corrected chi connectivity index (χ4v) is 1.41. The Labute approximate surface area is 111 Å². The Morgan fingerprint density at radius 1 is 1.50 bits per heavy atom. The van der Waals surface area contributed by atoms with E-state index in [4.69, 9.17) is 17.0 Å².